The Labute approximate surface area is 96.9 Å². The predicted octanol–water partition coefficient (Wildman–Crippen LogP) is 4.91. The Morgan fingerprint density at radius 2 is 1.19 bits per heavy atom. The van der Waals surface area contributed by atoms with Gasteiger partial charge in [-0.3, -0.25) is 0 Å². The molecule has 0 heterocycles. The first-order chi connectivity index (χ1) is 7.58. The molecular weight excluding hydrogens is 192 g/mol. The lowest BCUT2D eigenvalue weighted by atomic mass is 9.99. The number of allylic oxidation sites excluding steroid dienone is 2. The highest BCUT2D eigenvalue weighted by Gasteiger charge is 1.99. The van der Waals surface area contributed by atoms with Crippen molar-refractivity contribution in [2.75, 3.05) is 0 Å². The summed E-state index contributed by atoms with van der Waals surface area (Å²) in [6, 6.07) is 12.9. The Hall–Kier alpha value is -1.82. The molecule has 16 heavy (non-hydrogen) atoms. The Morgan fingerprint density at radius 1 is 0.750 bits per heavy atom. The molecule has 0 atom stereocenters. The van der Waals surface area contributed by atoms with Gasteiger partial charge in [0.25, 0.3) is 0 Å². The third kappa shape index (κ3) is 1.92. The molecule has 0 saturated heterocycles. The molecule has 0 heteroatoms. The fraction of sp³-hybridized carbons (Fsp3) is 0.125. The van der Waals surface area contributed by atoms with Crippen molar-refractivity contribution >= 4 is 21.9 Å². The smallest absolute Gasteiger partial charge is 0.0172 e. The van der Waals surface area contributed by atoms with Gasteiger partial charge in [-0.25, -0.2) is 0 Å². The second-order valence-corrected chi connectivity index (χ2v) is 4.34. The van der Waals surface area contributed by atoms with E-state index in [1.54, 1.807) is 0 Å². The summed E-state index contributed by atoms with van der Waals surface area (Å²) in [6.45, 7) is 12.0. The lowest BCUT2D eigenvalue weighted by molar-refractivity contribution is 1.59. The normalized spacial score (nSPS) is 10.4. The standard InChI is InChI=1S/C16H16/c1-11(2)14-7-5-13-6-8-15(12(3)4)10-16(13)9-14/h5-10H,1,3H2,2,4H3. The minimum absolute atomic E-state index is 1.10. The van der Waals surface area contributed by atoms with E-state index < -0.39 is 0 Å². The molecule has 0 bridgehead atoms. The average Bonchev–Trinajstić information content (AvgIpc) is 2.27. The maximum absolute atomic E-state index is 3.97. The van der Waals surface area contributed by atoms with Crippen LogP contribution in [0.4, 0.5) is 0 Å². The van der Waals surface area contributed by atoms with Crippen LogP contribution in [0.3, 0.4) is 0 Å². The zero-order chi connectivity index (χ0) is 11.7. The van der Waals surface area contributed by atoms with Crippen LogP contribution in [0.15, 0.2) is 49.6 Å². The molecule has 80 valence electrons. The summed E-state index contributed by atoms with van der Waals surface area (Å²) in [5.41, 5.74) is 4.60. The van der Waals surface area contributed by atoms with E-state index in [1.807, 2.05) is 13.8 Å². The molecule has 0 amide bonds. The minimum atomic E-state index is 1.10. The van der Waals surface area contributed by atoms with Crippen LogP contribution < -0.4 is 0 Å². The minimum Gasteiger partial charge on any atom is -0.0955 e. The van der Waals surface area contributed by atoms with Gasteiger partial charge in [-0.05, 0) is 47.9 Å². The predicted molar refractivity (Wildman–Crippen MR) is 73.4 cm³/mol. The SMILES string of the molecule is C=C(C)c1ccc2ccc(C(=C)C)cc2c1. The summed E-state index contributed by atoms with van der Waals surface area (Å²) in [4.78, 5) is 0. The van der Waals surface area contributed by atoms with Crippen molar-refractivity contribution in [1.29, 1.82) is 0 Å². The number of hydrogen-bond acceptors (Lipinski definition) is 0. The molecule has 0 aliphatic heterocycles. The van der Waals surface area contributed by atoms with Gasteiger partial charge in [-0.15, -0.1) is 0 Å². The topological polar surface area (TPSA) is 0 Å². The van der Waals surface area contributed by atoms with Gasteiger partial charge in [0.15, 0.2) is 0 Å². The van der Waals surface area contributed by atoms with E-state index in [9.17, 15) is 0 Å². The van der Waals surface area contributed by atoms with E-state index in [1.165, 1.54) is 21.9 Å². The van der Waals surface area contributed by atoms with Crippen LogP contribution >= 0.6 is 0 Å². The number of benzene rings is 2. The molecule has 0 radical (unpaired) electrons. The van der Waals surface area contributed by atoms with Gasteiger partial charge in [-0.2, -0.15) is 0 Å². The third-order valence-corrected chi connectivity index (χ3v) is 2.83. The summed E-state index contributed by atoms with van der Waals surface area (Å²) in [6.07, 6.45) is 0. The molecule has 0 saturated carbocycles. The molecule has 0 aromatic heterocycles. The molecule has 0 unspecified atom stereocenters. The van der Waals surface area contributed by atoms with Crippen molar-refractivity contribution in [2.24, 2.45) is 0 Å². The molecule has 0 nitrogen and oxygen atoms in total. The monoisotopic (exact) mass is 208 g/mol. The van der Waals surface area contributed by atoms with E-state index in [0.29, 0.717) is 0 Å². The fourth-order valence-electron chi connectivity index (χ4n) is 1.78. The molecule has 0 spiro atoms. The molecule has 0 N–H and O–H groups in total. The number of fused-ring (bicyclic) bond motifs is 1. The van der Waals surface area contributed by atoms with E-state index in [4.69, 9.17) is 0 Å². The first kappa shape index (κ1) is 10.7. The summed E-state index contributed by atoms with van der Waals surface area (Å²) in [7, 11) is 0. The van der Waals surface area contributed by atoms with Crippen molar-refractivity contribution < 1.29 is 0 Å². The fourth-order valence-corrected chi connectivity index (χ4v) is 1.78. The van der Waals surface area contributed by atoms with Crippen LogP contribution in [0, 0.1) is 0 Å². The summed E-state index contributed by atoms with van der Waals surface area (Å²) < 4.78 is 0. The van der Waals surface area contributed by atoms with Gasteiger partial charge in [0.1, 0.15) is 0 Å². The van der Waals surface area contributed by atoms with Crippen LogP contribution in [0.25, 0.3) is 21.9 Å². The van der Waals surface area contributed by atoms with Gasteiger partial charge >= 0.3 is 0 Å². The number of hydrogen-bond donors (Lipinski definition) is 0. The zero-order valence-corrected chi connectivity index (χ0v) is 9.88. The van der Waals surface area contributed by atoms with Crippen LogP contribution in [0.5, 0.6) is 0 Å². The highest BCUT2D eigenvalue weighted by molar-refractivity contribution is 5.88. The Kier molecular flexibility index (Phi) is 2.66. The summed E-state index contributed by atoms with van der Waals surface area (Å²) in [5.74, 6) is 0. The molecule has 2 aromatic carbocycles. The van der Waals surface area contributed by atoms with Crippen LogP contribution in [0.2, 0.25) is 0 Å². The first-order valence-electron chi connectivity index (χ1n) is 5.43. The zero-order valence-electron chi connectivity index (χ0n) is 9.88. The van der Waals surface area contributed by atoms with Crippen molar-refractivity contribution in [3.8, 4) is 0 Å². The summed E-state index contributed by atoms with van der Waals surface area (Å²) >= 11 is 0. The quantitative estimate of drug-likeness (QED) is 0.658. The van der Waals surface area contributed by atoms with Crippen molar-refractivity contribution in [2.45, 2.75) is 13.8 Å². The van der Waals surface area contributed by atoms with Crippen molar-refractivity contribution in [1.82, 2.24) is 0 Å². The molecule has 0 aliphatic rings. The summed E-state index contributed by atoms with van der Waals surface area (Å²) in [5, 5.41) is 2.51. The van der Waals surface area contributed by atoms with Crippen LogP contribution in [-0.2, 0) is 0 Å². The van der Waals surface area contributed by atoms with Crippen LogP contribution in [-0.4, -0.2) is 0 Å². The Balaban J connectivity index is 2.65. The molecule has 0 fully saturated rings. The average molecular weight is 208 g/mol. The van der Waals surface area contributed by atoms with Crippen LogP contribution in [0.1, 0.15) is 25.0 Å². The molecule has 0 aliphatic carbocycles. The van der Waals surface area contributed by atoms with Gasteiger partial charge < -0.3 is 0 Å². The Morgan fingerprint density at radius 3 is 1.56 bits per heavy atom. The lowest BCUT2D eigenvalue weighted by Gasteiger charge is -2.05. The van der Waals surface area contributed by atoms with E-state index in [0.717, 1.165) is 11.1 Å². The second-order valence-electron chi connectivity index (χ2n) is 4.34. The maximum Gasteiger partial charge on any atom is -0.0172 e. The van der Waals surface area contributed by atoms with E-state index in [2.05, 4.69) is 49.6 Å². The van der Waals surface area contributed by atoms with E-state index >= 15 is 0 Å². The third-order valence-electron chi connectivity index (χ3n) is 2.83. The van der Waals surface area contributed by atoms with Gasteiger partial charge in [0.2, 0.25) is 0 Å². The molecule has 2 rings (SSSR count). The van der Waals surface area contributed by atoms with Gasteiger partial charge in [0.05, 0.1) is 0 Å². The first-order valence-corrected chi connectivity index (χ1v) is 5.43. The Bertz CT molecular complexity index is 525. The van der Waals surface area contributed by atoms with Gasteiger partial charge in [-0.1, -0.05) is 48.6 Å². The second kappa shape index (κ2) is 3.97. The number of rotatable bonds is 2. The van der Waals surface area contributed by atoms with Crippen molar-refractivity contribution in [3.05, 3.63) is 60.7 Å². The molecule has 2 aromatic rings. The lowest BCUT2D eigenvalue weighted by Crippen LogP contribution is -1.82. The van der Waals surface area contributed by atoms with Crippen molar-refractivity contribution in [3.63, 3.8) is 0 Å². The maximum atomic E-state index is 3.97. The highest BCUT2D eigenvalue weighted by atomic mass is 14.0. The largest absolute Gasteiger partial charge is 0.0955 e. The van der Waals surface area contributed by atoms with Gasteiger partial charge in [0, 0.05) is 0 Å². The highest BCUT2D eigenvalue weighted by Crippen LogP contribution is 2.23. The molecular formula is C16H16. The van der Waals surface area contributed by atoms with E-state index in [-0.39, 0.29) is 0 Å².